The second-order valence-electron chi connectivity index (χ2n) is 9.46. The molecule has 1 aliphatic heterocycles. The van der Waals surface area contributed by atoms with Gasteiger partial charge in [0.1, 0.15) is 23.9 Å². The van der Waals surface area contributed by atoms with Crippen molar-refractivity contribution in [2.24, 2.45) is 0 Å². The van der Waals surface area contributed by atoms with Crippen LogP contribution in [-0.4, -0.2) is 44.2 Å². The molecule has 0 N–H and O–H groups in total. The van der Waals surface area contributed by atoms with Gasteiger partial charge in [-0.05, 0) is 97.9 Å². The number of hydrogen-bond donors (Lipinski definition) is 0. The number of carbonyl (C=O) groups is 1. The highest BCUT2D eigenvalue weighted by Gasteiger charge is 2.13. The smallest absolute Gasteiger partial charge is 0.310 e. The number of carbonyl (C=O) groups excluding carboxylic acids is 1. The van der Waals surface area contributed by atoms with E-state index in [1.807, 2.05) is 36.4 Å². The number of allylic oxidation sites excluding steroid dienone is 1. The molecule has 1 saturated heterocycles. The van der Waals surface area contributed by atoms with E-state index in [0.717, 1.165) is 41.2 Å². The fourth-order valence-electron chi connectivity index (χ4n) is 4.75. The van der Waals surface area contributed by atoms with Crippen LogP contribution in [0.4, 0.5) is 0 Å². The maximum atomic E-state index is 11.7. The minimum Gasteiger partial charge on any atom is -0.497 e. The molecule has 0 unspecified atom stereocenters. The fourth-order valence-corrected chi connectivity index (χ4v) is 4.75. The van der Waals surface area contributed by atoms with E-state index in [-0.39, 0.29) is 5.97 Å². The van der Waals surface area contributed by atoms with Crippen molar-refractivity contribution in [1.29, 1.82) is 0 Å². The van der Waals surface area contributed by atoms with Crippen molar-refractivity contribution in [3.63, 3.8) is 0 Å². The molecular weight excluding hydrogens is 462 g/mol. The molecule has 3 aromatic carbocycles. The molecule has 4 rings (SSSR count). The third kappa shape index (κ3) is 7.46. The first-order chi connectivity index (χ1) is 18.1. The molecule has 5 heteroatoms. The molecule has 5 nitrogen and oxygen atoms in total. The Labute approximate surface area is 220 Å². The fraction of sp³-hybridized carbons (Fsp3) is 0.344. The first-order valence-electron chi connectivity index (χ1n) is 13.1. The van der Waals surface area contributed by atoms with Gasteiger partial charge in [0.05, 0.1) is 7.11 Å². The van der Waals surface area contributed by atoms with Gasteiger partial charge in [0.25, 0.3) is 0 Å². The van der Waals surface area contributed by atoms with Crippen LogP contribution in [0.15, 0.2) is 78.4 Å². The number of benzene rings is 3. The van der Waals surface area contributed by atoms with Crippen molar-refractivity contribution in [2.45, 2.75) is 39.5 Å². The summed E-state index contributed by atoms with van der Waals surface area (Å²) in [4.78, 5) is 14.2. The van der Waals surface area contributed by atoms with Gasteiger partial charge in [-0.1, -0.05) is 48.9 Å². The molecule has 3 aromatic rings. The second-order valence-corrected chi connectivity index (χ2v) is 9.46. The third-order valence-corrected chi connectivity index (χ3v) is 6.71. The molecule has 0 bridgehead atoms. The normalized spacial score (nSPS) is 14.2. The molecule has 1 fully saturated rings. The van der Waals surface area contributed by atoms with Gasteiger partial charge in [0.15, 0.2) is 0 Å². The summed E-state index contributed by atoms with van der Waals surface area (Å²) in [6.07, 6.45) is 3.72. The summed E-state index contributed by atoms with van der Waals surface area (Å²) < 4.78 is 16.8. The zero-order valence-corrected chi connectivity index (χ0v) is 22.2. The van der Waals surface area contributed by atoms with Gasteiger partial charge in [-0.2, -0.15) is 0 Å². The van der Waals surface area contributed by atoms with Gasteiger partial charge in [-0.25, -0.2) is 0 Å². The van der Waals surface area contributed by atoms with Crippen LogP contribution < -0.4 is 14.2 Å². The van der Waals surface area contributed by atoms with E-state index in [2.05, 4.69) is 48.2 Å². The molecular formula is C32H37NO4. The van der Waals surface area contributed by atoms with Gasteiger partial charge in [0.2, 0.25) is 0 Å². The van der Waals surface area contributed by atoms with E-state index in [1.165, 1.54) is 37.1 Å². The number of rotatable bonds is 11. The molecule has 0 spiro atoms. The summed E-state index contributed by atoms with van der Waals surface area (Å²) in [6, 6.07) is 24.3. The van der Waals surface area contributed by atoms with Crippen LogP contribution in [0.5, 0.6) is 17.2 Å². The quantitative estimate of drug-likeness (QED) is 0.221. The van der Waals surface area contributed by atoms with Gasteiger partial charge in [-0.3, -0.25) is 9.69 Å². The van der Waals surface area contributed by atoms with Crippen LogP contribution in [0.25, 0.3) is 5.57 Å². The summed E-state index contributed by atoms with van der Waals surface area (Å²) in [5, 5.41) is 0. The van der Waals surface area contributed by atoms with Crippen LogP contribution >= 0.6 is 0 Å². The Balaban J connectivity index is 1.57. The predicted octanol–water partition coefficient (Wildman–Crippen LogP) is 6.55. The molecule has 0 aliphatic carbocycles. The highest BCUT2D eigenvalue weighted by atomic mass is 16.5. The van der Waals surface area contributed by atoms with Gasteiger partial charge < -0.3 is 14.2 Å². The van der Waals surface area contributed by atoms with E-state index in [0.29, 0.717) is 18.8 Å². The van der Waals surface area contributed by atoms with E-state index in [1.54, 1.807) is 14.0 Å². The van der Waals surface area contributed by atoms with E-state index in [4.69, 9.17) is 14.2 Å². The number of likely N-dealkylation sites (tertiary alicyclic amines) is 1. The lowest BCUT2D eigenvalue weighted by Crippen LogP contribution is -2.25. The Morgan fingerprint density at radius 3 is 2.14 bits per heavy atom. The van der Waals surface area contributed by atoms with Gasteiger partial charge in [0, 0.05) is 13.0 Å². The SMILES string of the molecule is CCC(=O)Oc1ccc(/C(=C(/C)Cc2cccc(OC)c2)c2ccc(OCCN3CCCC3)cc2)cc1. The molecule has 1 heterocycles. The van der Waals surface area contributed by atoms with Crippen LogP contribution in [0.3, 0.4) is 0 Å². The molecule has 0 amide bonds. The Morgan fingerprint density at radius 1 is 0.865 bits per heavy atom. The van der Waals surface area contributed by atoms with E-state index < -0.39 is 0 Å². The minimum absolute atomic E-state index is 0.238. The molecule has 194 valence electrons. The summed E-state index contributed by atoms with van der Waals surface area (Å²) in [5.74, 6) is 2.05. The van der Waals surface area contributed by atoms with E-state index in [9.17, 15) is 4.79 Å². The highest BCUT2D eigenvalue weighted by Crippen LogP contribution is 2.31. The topological polar surface area (TPSA) is 48.0 Å². The van der Waals surface area contributed by atoms with Crippen molar-refractivity contribution in [2.75, 3.05) is 33.4 Å². The van der Waals surface area contributed by atoms with Crippen LogP contribution in [0.2, 0.25) is 0 Å². The van der Waals surface area contributed by atoms with Crippen molar-refractivity contribution in [3.8, 4) is 17.2 Å². The molecule has 0 saturated carbocycles. The summed E-state index contributed by atoms with van der Waals surface area (Å²) in [5.41, 5.74) is 5.75. The Hall–Kier alpha value is -3.57. The Bertz CT molecular complexity index is 1190. The standard InChI is InChI=1S/C32H37NO4/c1-4-31(34)37-29-16-12-27(13-17-29)32(24(2)22-25-8-7-9-30(23-25)35-3)26-10-14-28(15-11-26)36-21-20-33-18-5-6-19-33/h7-17,23H,4-6,18-22H2,1-3H3/b32-24-. The van der Waals surface area contributed by atoms with Crippen molar-refractivity contribution in [3.05, 3.63) is 95.1 Å². The maximum absolute atomic E-state index is 11.7. The average molecular weight is 500 g/mol. The predicted molar refractivity (Wildman–Crippen MR) is 148 cm³/mol. The Morgan fingerprint density at radius 2 is 1.51 bits per heavy atom. The number of methoxy groups -OCH3 is 1. The summed E-state index contributed by atoms with van der Waals surface area (Å²) >= 11 is 0. The lowest BCUT2D eigenvalue weighted by atomic mass is 9.90. The highest BCUT2D eigenvalue weighted by molar-refractivity contribution is 5.83. The number of nitrogens with zero attached hydrogens (tertiary/aromatic N) is 1. The number of hydrogen-bond acceptors (Lipinski definition) is 5. The average Bonchev–Trinajstić information content (AvgIpc) is 3.44. The first-order valence-corrected chi connectivity index (χ1v) is 13.1. The third-order valence-electron chi connectivity index (χ3n) is 6.71. The lowest BCUT2D eigenvalue weighted by molar-refractivity contribution is -0.134. The van der Waals surface area contributed by atoms with Crippen molar-refractivity contribution >= 4 is 11.5 Å². The maximum Gasteiger partial charge on any atom is 0.310 e. The minimum atomic E-state index is -0.238. The summed E-state index contributed by atoms with van der Waals surface area (Å²) in [6.45, 7) is 7.99. The summed E-state index contributed by atoms with van der Waals surface area (Å²) in [7, 11) is 1.69. The molecule has 37 heavy (non-hydrogen) atoms. The zero-order chi connectivity index (χ0) is 26.0. The number of esters is 1. The molecule has 1 aliphatic rings. The monoisotopic (exact) mass is 499 g/mol. The van der Waals surface area contributed by atoms with Crippen LogP contribution in [0, 0.1) is 0 Å². The lowest BCUT2D eigenvalue weighted by Gasteiger charge is -2.17. The molecule has 0 atom stereocenters. The second kappa shape index (κ2) is 13.1. The van der Waals surface area contributed by atoms with Crippen LogP contribution in [-0.2, 0) is 11.2 Å². The zero-order valence-electron chi connectivity index (χ0n) is 22.2. The molecule has 0 aromatic heterocycles. The van der Waals surface area contributed by atoms with Crippen molar-refractivity contribution < 1.29 is 19.0 Å². The largest absolute Gasteiger partial charge is 0.497 e. The van der Waals surface area contributed by atoms with Crippen molar-refractivity contribution in [1.82, 2.24) is 4.90 Å². The number of ether oxygens (including phenoxy) is 3. The van der Waals surface area contributed by atoms with Crippen LogP contribution in [0.1, 0.15) is 49.8 Å². The van der Waals surface area contributed by atoms with Gasteiger partial charge >= 0.3 is 5.97 Å². The Kier molecular flexibility index (Phi) is 9.39. The van der Waals surface area contributed by atoms with Gasteiger partial charge in [-0.15, -0.1) is 0 Å². The van der Waals surface area contributed by atoms with E-state index >= 15 is 0 Å². The first kappa shape index (κ1) is 26.5. The molecule has 0 radical (unpaired) electrons.